The van der Waals surface area contributed by atoms with E-state index in [2.05, 4.69) is 33.5 Å². The van der Waals surface area contributed by atoms with E-state index < -0.39 is 0 Å². The molecule has 4 aromatic rings. The topological polar surface area (TPSA) is 62.2 Å². The van der Waals surface area contributed by atoms with Gasteiger partial charge in [0.2, 0.25) is 5.91 Å². The van der Waals surface area contributed by atoms with E-state index in [9.17, 15) is 9.18 Å². The van der Waals surface area contributed by atoms with Crippen LogP contribution in [0.2, 0.25) is 0 Å². The second-order valence-corrected chi connectivity index (χ2v) is 10.1. The van der Waals surface area contributed by atoms with E-state index in [1.54, 1.807) is 18.3 Å². The van der Waals surface area contributed by atoms with Gasteiger partial charge < -0.3 is 20.1 Å². The van der Waals surface area contributed by atoms with E-state index in [0.717, 1.165) is 40.3 Å². The van der Waals surface area contributed by atoms with Crippen LogP contribution in [0, 0.1) is 19.7 Å². The number of pyridine rings is 1. The molecular weight excluding hydrogens is 509 g/mol. The zero-order valence-electron chi connectivity index (χ0n) is 22.3. The molecule has 8 heteroatoms. The van der Waals surface area contributed by atoms with Crippen LogP contribution in [0.15, 0.2) is 79.0 Å². The Bertz CT molecular complexity index is 1500. The summed E-state index contributed by atoms with van der Waals surface area (Å²) in [6, 6.07) is 22.1. The van der Waals surface area contributed by atoms with Gasteiger partial charge in [-0.1, -0.05) is 43.3 Å². The number of aryl methyl sites for hydroxylation is 2. The van der Waals surface area contributed by atoms with E-state index in [0.29, 0.717) is 17.3 Å². The zero-order chi connectivity index (χ0) is 27.5. The maximum absolute atomic E-state index is 14.8. The molecule has 1 aliphatic heterocycles. The minimum absolute atomic E-state index is 0.0736. The lowest BCUT2D eigenvalue weighted by Gasteiger charge is -2.28. The fourth-order valence-electron chi connectivity index (χ4n) is 5.46. The van der Waals surface area contributed by atoms with Crippen LogP contribution in [0.4, 0.5) is 10.1 Å². The molecule has 6 nitrogen and oxygen atoms in total. The number of hydrogen-bond donors (Lipinski definition) is 2. The van der Waals surface area contributed by atoms with Gasteiger partial charge in [0.05, 0.1) is 23.5 Å². The highest BCUT2D eigenvalue weighted by atomic mass is 32.1. The number of rotatable bonds is 8. The van der Waals surface area contributed by atoms with Crippen molar-refractivity contribution in [3.63, 3.8) is 0 Å². The molecule has 2 aromatic carbocycles. The van der Waals surface area contributed by atoms with Crippen LogP contribution < -0.4 is 10.6 Å². The summed E-state index contributed by atoms with van der Waals surface area (Å²) in [6.45, 7) is 6.46. The summed E-state index contributed by atoms with van der Waals surface area (Å²) >= 11 is 5.80. The summed E-state index contributed by atoms with van der Waals surface area (Å²) in [7, 11) is 0. The number of para-hydroxylation sites is 2. The summed E-state index contributed by atoms with van der Waals surface area (Å²) in [6.07, 6.45) is 2.86. The highest BCUT2D eigenvalue weighted by molar-refractivity contribution is 7.80. The quantitative estimate of drug-likeness (QED) is 0.261. The third-order valence-corrected chi connectivity index (χ3v) is 7.68. The normalized spacial score (nSPS) is 16.8. The standard InChI is InChI=1S/C31H32FN5OS/c1-4-22-11-5-7-13-25(22)34-28(38)16-18-36-30(29(35-31(36)39)26-14-9-10-17-33-26)23-19-20(2)37(21(23)3)27-15-8-6-12-24(27)32/h5-15,17,19,29-30H,4,16,18H2,1-3H3,(H,34,38)(H,35,39)/t29-,30+/m1/s1. The van der Waals surface area contributed by atoms with Crippen LogP contribution in [0.25, 0.3) is 5.69 Å². The molecular formula is C31H32FN5OS. The molecule has 0 spiro atoms. The number of amides is 1. The van der Waals surface area contributed by atoms with Gasteiger partial charge in [0, 0.05) is 36.2 Å². The second kappa shape index (κ2) is 11.4. The highest BCUT2D eigenvalue weighted by Crippen LogP contribution is 2.41. The predicted octanol–water partition coefficient (Wildman–Crippen LogP) is 6.19. The van der Waals surface area contributed by atoms with Crippen LogP contribution in [0.3, 0.4) is 0 Å². The number of carbonyl (C=O) groups is 1. The number of carbonyl (C=O) groups excluding carboxylic acids is 1. The van der Waals surface area contributed by atoms with Gasteiger partial charge in [-0.2, -0.15) is 0 Å². The van der Waals surface area contributed by atoms with Gasteiger partial charge in [0.15, 0.2) is 5.11 Å². The molecule has 1 amide bonds. The molecule has 1 saturated heterocycles. The summed E-state index contributed by atoms with van der Waals surface area (Å²) in [5.74, 6) is -0.358. The van der Waals surface area contributed by atoms with Crippen molar-refractivity contribution in [2.24, 2.45) is 0 Å². The van der Waals surface area contributed by atoms with Gasteiger partial charge in [-0.05, 0) is 80.0 Å². The molecule has 200 valence electrons. The Morgan fingerprint density at radius 1 is 1.08 bits per heavy atom. The molecule has 39 heavy (non-hydrogen) atoms. The van der Waals surface area contributed by atoms with Crippen molar-refractivity contribution in [3.8, 4) is 5.69 Å². The van der Waals surface area contributed by atoms with Crippen molar-refractivity contribution < 1.29 is 9.18 Å². The number of thiocarbonyl (C=S) groups is 1. The van der Waals surface area contributed by atoms with Gasteiger partial charge in [0.1, 0.15) is 5.82 Å². The first-order valence-electron chi connectivity index (χ1n) is 13.2. The van der Waals surface area contributed by atoms with Crippen molar-refractivity contribution in [1.29, 1.82) is 0 Å². The third-order valence-electron chi connectivity index (χ3n) is 7.33. The maximum Gasteiger partial charge on any atom is 0.226 e. The van der Waals surface area contributed by atoms with Crippen LogP contribution in [-0.2, 0) is 11.2 Å². The van der Waals surface area contributed by atoms with Crippen LogP contribution in [0.5, 0.6) is 0 Å². The van der Waals surface area contributed by atoms with Crippen LogP contribution in [0.1, 0.15) is 53.6 Å². The summed E-state index contributed by atoms with van der Waals surface area (Å²) < 4.78 is 16.8. The number of hydrogen-bond acceptors (Lipinski definition) is 3. The van der Waals surface area contributed by atoms with Crippen LogP contribution >= 0.6 is 12.2 Å². The van der Waals surface area contributed by atoms with E-state index in [1.807, 2.05) is 66.9 Å². The molecule has 0 aliphatic carbocycles. The minimum atomic E-state index is -0.284. The number of halogens is 1. The van der Waals surface area contributed by atoms with Crippen LogP contribution in [-0.4, -0.2) is 32.0 Å². The van der Waals surface area contributed by atoms with Crippen molar-refractivity contribution in [3.05, 3.63) is 113 Å². The number of nitrogens with zero attached hydrogens (tertiary/aromatic N) is 3. The predicted molar refractivity (Wildman–Crippen MR) is 156 cm³/mol. The Morgan fingerprint density at radius 3 is 2.56 bits per heavy atom. The minimum Gasteiger partial charge on any atom is -0.352 e. The molecule has 2 atom stereocenters. The maximum atomic E-state index is 14.8. The smallest absolute Gasteiger partial charge is 0.226 e. The Balaban J connectivity index is 1.47. The molecule has 2 N–H and O–H groups in total. The first-order valence-corrected chi connectivity index (χ1v) is 13.6. The van der Waals surface area contributed by atoms with E-state index in [1.165, 1.54) is 6.07 Å². The Labute approximate surface area is 233 Å². The molecule has 0 saturated carbocycles. The summed E-state index contributed by atoms with van der Waals surface area (Å²) in [5.41, 5.74) is 6.13. The Morgan fingerprint density at radius 2 is 1.82 bits per heavy atom. The summed E-state index contributed by atoms with van der Waals surface area (Å²) in [4.78, 5) is 19.7. The van der Waals surface area contributed by atoms with Gasteiger partial charge in [0.25, 0.3) is 0 Å². The van der Waals surface area contributed by atoms with Gasteiger partial charge in [-0.15, -0.1) is 0 Å². The molecule has 5 rings (SSSR count). The number of nitrogens with one attached hydrogen (secondary N) is 2. The fourth-order valence-corrected chi connectivity index (χ4v) is 5.79. The zero-order valence-corrected chi connectivity index (χ0v) is 23.1. The average Bonchev–Trinajstić information content (AvgIpc) is 3.42. The van der Waals surface area contributed by atoms with E-state index in [-0.39, 0.29) is 30.2 Å². The molecule has 3 heterocycles. The molecule has 0 radical (unpaired) electrons. The lowest BCUT2D eigenvalue weighted by atomic mass is 9.96. The summed E-state index contributed by atoms with van der Waals surface area (Å²) in [5, 5.41) is 7.07. The van der Waals surface area contributed by atoms with Gasteiger partial charge in [-0.3, -0.25) is 9.78 Å². The SMILES string of the molecule is CCc1ccccc1NC(=O)CCN1C(=S)N[C@H](c2ccccn2)[C@@H]1c1cc(C)n(-c2ccccc2F)c1C. The number of benzene rings is 2. The lowest BCUT2D eigenvalue weighted by molar-refractivity contribution is -0.116. The monoisotopic (exact) mass is 541 g/mol. The molecule has 1 fully saturated rings. The number of anilines is 1. The number of aromatic nitrogens is 2. The van der Waals surface area contributed by atoms with Crippen molar-refractivity contribution in [2.45, 2.75) is 45.7 Å². The molecule has 2 aromatic heterocycles. The molecule has 1 aliphatic rings. The van der Waals surface area contributed by atoms with Gasteiger partial charge >= 0.3 is 0 Å². The Hall–Kier alpha value is -4.04. The molecule has 0 bridgehead atoms. The van der Waals surface area contributed by atoms with Crippen molar-refractivity contribution in [2.75, 3.05) is 11.9 Å². The third kappa shape index (κ3) is 5.29. The second-order valence-electron chi connectivity index (χ2n) is 9.74. The van der Waals surface area contributed by atoms with Crippen molar-refractivity contribution in [1.82, 2.24) is 19.8 Å². The van der Waals surface area contributed by atoms with Gasteiger partial charge in [-0.25, -0.2) is 4.39 Å². The fraction of sp³-hybridized carbons (Fsp3) is 0.258. The van der Waals surface area contributed by atoms with Crippen molar-refractivity contribution >= 4 is 28.9 Å². The Kier molecular flexibility index (Phi) is 7.74. The van der Waals surface area contributed by atoms with E-state index in [4.69, 9.17) is 12.2 Å². The average molecular weight is 542 g/mol. The first kappa shape index (κ1) is 26.6. The van der Waals surface area contributed by atoms with E-state index >= 15 is 0 Å². The lowest BCUT2D eigenvalue weighted by Crippen LogP contribution is -2.33. The highest BCUT2D eigenvalue weighted by Gasteiger charge is 2.41. The first-order chi connectivity index (χ1) is 18.9. The largest absolute Gasteiger partial charge is 0.352 e. The molecule has 0 unspecified atom stereocenters.